The first-order valence-corrected chi connectivity index (χ1v) is 7.18. The zero-order valence-electron chi connectivity index (χ0n) is 12.7. The Kier molecular flexibility index (Phi) is 4.65. The summed E-state index contributed by atoms with van der Waals surface area (Å²) in [5.41, 5.74) is 0.551. The molecule has 0 aliphatic carbocycles. The summed E-state index contributed by atoms with van der Waals surface area (Å²) >= 11 is 0. The molecule has 20 heavy (non-hydrogen) atoms. The molecule has 0 aromatic heterocycles. The molecule has 1 fully saturated rings. The Labute approximate surface area is 120 Å². The van der Waals surface area contributed by atoms with Gasteiger partial charge in [-0.2, -0.15) is 0 Å². The number of carbonyl (C=O) groups excluding carboxylic acids is 1. The standard InChI is InChI=1S/C16H23NO3/c1-11-10-17(3)12(2)8-15(11)20-16(18)13-6-5-7-14(9-13)19-4/h5-7,9,11-12,15H,8,10H2,1-4H3/p+1/t11-,12+,15+/m1/s1. The number of carbonyl (C=O) groups is 1. The highest BCUT2D eigenvalue weighted by Gasteiger charge is 2.34. The van der Waals surface area contributed by atoms with Gasteiger partial charge in [-0.3, -0.25) is 0 Å². The van der Waals surface area contributed by atoms with Gasteiger partial charge in [-0.05, 0) is 25.1 Å². The Morgan fingerprint density at radius 2 is 2.10 bits per heavy atom. The second-order valence-electron chi connectivity index (χ2n) is 5.84. The minimum Gasteiger partial charge on any atom is -0.497 e. The number of piperidine rings is 1. The van der Waals surface area contributed by atoms with Gasteiger partial charge in [0, 0.05) is 12.3 Å². The zero-order valence-corrected chi connectivity index (χ0v) is 12.7. The summed E-state index contributed by atoms with van der Waals surface area (Å²) in [7, 11) is 3.79. The number of benzene rings is 1. The zero-order chi connectivity index (χ0) is 14.7. The van der Waals surface area contributed by atoms with E-state index in [1.165, 1.54) is 4.90 Å². The van der Waals surface area contributed by atoms with Crippen molar-refractivity contribution in [3.05, 3.63) is 29.8 Å². The topological polar surface area (TPSA) is 40.0 Å². The molecular formula is C16H24NO3+. The Morgan fingerprint density at radius 3 is 2.80 bits per heavy atom. The van der Waals surface area contributed by atoms with Crippen molar-refractivity contribution in [3.63, 3.8) is 0 Å². The van der Waals surface area contributed by atoms with Gasteiger partial charge in [-0.15, -0.1) is 0 Å². The summed E-state index contributed by atoms with van der Waals surface area (Å²) in [6.07, 6.45) is 0.926. The first-order valence-electron chi connectivity index (χ1n) is 7.18. The number of ether oxygens (including phenoxy) is 2. The largest absolute Gasteiger partial charge is 0.497 e. The summed E-state index contributed by atoms with van der Waals surface area (Å²) in [6.45, 7) is 5.39. The summed E-state index contributed by atoms with van der Waals surface area (Å²) < 4.78 is 10.8. The maximum Gasteiger partial charge on any atom is 0.338 e. The molecule has 1 aliphatic rings. The lowest BCUT2D eigenvalue weighted by Gasteiger charge is -2.36. The van der Waals surface area contributed by atoms with Crippen molar-refractivity contribution in [1.29, 1.82) is 0 Å². The predicted octanol–water partition coefficient (Wildman–Crippen LogP) is 1.16. The number of methoxy groups -OCH3 is 1. The van der Waals surface area contributed by atoms with Gasteiger partial charge in [0.05, 0.1) is 32.3 Å². The monoisotopic (exact) mass is 278 g/mol. The van der Waals surface area contributed by atoms with Crippen molar-refractivity contribution in [3.8, 4) is 5.75 Å². The van der Waals surface area contributed by atoms with Crippen LogP contribution in [0, 0.1) is 5.92 Å². The third kappa shape index (κ3) is 3.31. The van der Waals surface area contributed by atoms with Gasteiger partial charge in [0.25, 0.3) is 0 Å². The summed E-state index contributed by atoms with van der Waals surface area (Å²) in [5.74, 6) is 0.807. The molecule has 4 nitrogen and oxygen atoms in total. The third-order valence-electron chi connectivity index (χ3n) is 4.27. The average Bonchev–Trinajstić information content (AvgIpc) is 2.44. The molecule has 1 unspecified atom stereocenters. The number of quaternary nitrogens is 1. The molecule has 1 aromatic rings. The molecule has 2 rings (SSSR count). The molecule has 0 saturated carbocycles. The molecule has 0 amide bonds. The van der Waals surface area contributed by atoms with Gasteiger partial charge in [-0.1, -0.05) is 13.0 Å². The predicted molar refractivity (Wildman–Crippen MR) is 77.2 cm³/mol. The first-order chi connectivity index (χ1) is 9.51. The second kappa shape index (κ2) is 6.27. The molecule has 110 valence electrons. The van der Waals surface area contributed by atoms with Gasteiger partial charge in [-0.25, -0.2) is 4.79 Å². The molecule has 0 spiro atoms. The van der Waals surface area contributed by atoms with Gasteiger partial charge in [0.1, 0.15) is 11.9 Å². The highest BCUT2D eigenvalue weighted by Crippen LogP contribution is 2.19. The second-order valence-corrected chi connectivity index (χ2v) is 5.84. The fourth-order valence-corrected chi connectivity index (χ4v) is 2.74. The molecule has 1 heterocycles. The molecule has 0 bridgehead atoms. The van der Waals surface area contributed by atoms with Crippen LogP contribution in [0.25, 0.3) is 0 Å². The molecule has 1 saturated heterocycles. The Morgan fingerprint density at radius 1 is 1.35 bits per heavy atom. The molecule has 1 N–H and O–H groups in total. The van der Waals surface area contributed by atoms with Crippen LogP contribution < -0.4 is 9.64 Å². The van der Waals surface area contributed by atoms with E-state index < -0.39 is 0 Å². The van der Waals surface area contributed by atoms with Crippen LogP contribution in [0.4, 0.5) is 0 Å². The Balaban J connectivity index is 2.03. The lowest BCUT2D eigenvalue weighted by atomic mass is 9.92. The van der Waals surface area contributed by atoms with E-state index in [4.69, 9.17) is 9.47 Å². The van der Waals surface area contributed by atoms with Crippen LogP contribution >= 0.6 is 0 Å². The van der Waals surface area contributed by atoms with Crippen LogP contribution in [0.15, 0.2) is 24.3 Å². The number of hydrogen-bond acceptors (Lipinski definition) is 3. The van der Waals surface area contributed by atoms with E-state index in [9.17, 15) is 4.79 Å². The van der Waals surface area contributed by atoms with Crippen molar-refractivity contribution in [2.45, 2.75) is 32.4 Å². The number of hydrogen-bond donors (Lipinski definition) is 1. The number of esters is 1. The van der Waals surface area contributed by atoms with E-state index in [-0.39, 0.29) is 12.1 Å². The summed E-state index contributed by atoms with van der Waals surface area (Å²) in [5, 5.41) is 0. The van der Waals surface area contributed by atoms with Crippen LogP contribution in [0.2, 0.25) is 0 Å². The Hall–Kier alpha value is -1.55. The van der Waals surface area contributed by atoms with Gasteiger partial charge < -0.3 is 14.4 Å². The van der Waals surface area contributed by atoms with Gasteiger partial charge in [0.15, 0.2) is 0 Å². The van der Waals surface area contributed by atoms with Crippen LogP contribution in [-0.2, 0) is 4.74 Å². The van der Waals surface area contributed by atoms with Crippen molar-refractivity contribution in [2.75, 3.05) is 20.7 Å². The van der Waals surface area contributed by atoms with E-state index >= 15 is 0 Å². The highest BCUT2D eigenvalue weighted by atomic mass is 16.5. The number of rotatable bonds is 3. The molecular weight excluding hydrogens is 254 g/mol. The highest BCUT2D eigenvalue weighted by molar-refractivity contribution is 5.90. The van der Waals surface area contributed by atoms with E-state index in [2.05, 4.69) is 20.9 Å². The molecule has 1 aliphatic heterocycles. The van der Waals surface area contributed by atoms with Crippen molar-refractivity contribution >= 4 is 5.97 Å². The molecule has 1 aromatic carbocycles. The maximum atomic E-state index is 12.2. The molecule has 4 heteroatoms. The van der Waals surface area contributed by atoms with Gasteiger partial charge >= 0.3 is 5.97 Å². The van der Waals surface area contributed by atoms with Crippen LogP contribution in [0.1, 0.15) is 30.6 Å². The maximum absolute atomic E-state index is 12.2. The van der Waals surface area contributed by atoms with Crippen molar-refractivity contribution < 1.29 is 19.2 Å². The minimum atomic E-state index is -0.257. The fraction of sp³-hybridized carbons (Fsp3) is 0.562. The van der Waals surface area contributed by atoms with E-state index in [1.807, 2.05) is 6.07 Å². The normalized spacial score (nSPS) is 29.8. The average molecular weight is 278 g/mol. The van der Waals surface area contributed by atoms with Crippen LogP contribution in [-0.4, -0.2) is 38.8 Å². The fourth-order valence-electron chi connectivity index (χ4n) is 2.74. The van der Waals surface area contributed by atoms with E-state index in [0.717, 1.165) is 13.0 Å². The minimum absolute atomic E-state index is 0.00685. The van der Waals surface area contributed by atoms with Crippen LogP contribution in [0.3, 0.4) is 0 Å². The number of nitrogens with one attached hydrogen (secondary N) is 1. The summed E-state index contributed by atoms with van der Waals surface area (Å²) in [4.78, 5) is 13.7. The smallest absolute Gasteiger partial charge is 0.338 e. The third-order valence-corrected chi connectivity index (χ3v) is 4.27. The Bertz CT molecular complexity index is 475. The van der Waals surface area contributed by atoms with Crippen LogP contribution in [0.5, 0.6) is 5.75 Å². The first kappa shape index (κ1) is 14.9. The lowest BCUT2D eigenvalue weighted by Crippen LogP contribution is -3.14. The summed E-state index contributed by atoms with van der Waals surface area (Å²) in [6, 6.07) is 7.63. The van der Waals surface area contributed by atoms with Crippen molar-refractivity contribution in [2.24, 2.45) is 5.92 Å². The van der Waals surface area contributed by atoms with E-state index in [1.54, 1.807) is 25.3 Å². The van der Waals surface area contributed by atoms with Gasteiger partial charge in [0.2, 0.25) is 0 Å². The van der Waals surface area contributed by atoms with E-state index in [0.29, 0.717) is 23.3 Å². The van der Waals surface area contributed by atoms with Crippen molar-refractivity contribution in [1.82, 2.24) is 0 Å². The lowest BCUT2D eigenvalue weighted by molar-refractivity contribution is -0.914. The number of likely N-dealkylation sites (tertiary alicyclic amines) is 1. The molecule has 0 radical (unpaired) electrons. The quantitative estimate of drug-likeness (QED) is 0.844. The SMILES string of the molecule is COc1cccc(C(=O)O[C@H]2C[C@H](C)[NH+](C)C[C@H]2C)c1. The molecule has 4 atom stereocenters.